The van der Waals surface area contributed by atoms with E-state index in [9.17, 15) is 9.18 Å². The average Bonchev–Trinajstić information content (AvgIpc) is 2.91. The van der Waals surface area contributed by atoms with Crippen LogP contribution in [0.2, 0.25) is 0 Å². The highest BCUT2D eigenvalue weighted by Gasteiger charge is 2.25. The van der Waals surface area contributed by atoms with Gasteiger partial charge in [-0.1, -0.05) is 6.07 Å². The highest BCUT2D eigenvalue weighted by molar-refractivity contribution is 6.64. The van der Waals surface area contributed by atoms with Crippen LogP contribution < -0.4 is 14.2 Å². The largest absolute Gasteiger partial charge is 0.493 e. The van der Waals surface area contributed by atoms with Gasteiger partial charge in [-0.25, -0.2) is 4.39 Å². The highest BCUT2D eigenvalue weighted by atomic mass is 35.5. The van der Waals surface area contributed by atoms with Crippen LogP contribution >= 0.6 is 11.6 Å². The van der Waals surface area contributed by atoms with E-state index in [0.717, 1.165) is 27.8 Å². The third kappa shape index (κ3) is 3.62. The van der Waals surface area contributed by atoms with Crippen LogP contribution in [0.25, 0.3) is 17.2 Å². The first-order valence-electron chi connectivity index (χ1n) is 8.60. The Morgan fingerprint density at radius 2 is 1.68 bits per heavy atom. The van der Waals surface area contributed by atoms with E-state index < -0.39 is 5.24 Å². The van der Waals surface area contributed by atoms with Gasteiger partial charge in [-0.05, 0) is 82.3 Å². The Labute approximate surface area is 168 Å². The summed E-state index contributed by atoms with van der Waals surface area (Å²) in [5.74, 6) is 1.20. The van der Waals surface area contributed by atoms with E-state index >= 15 is 0 Å². The van der Waals surface area contributed by atoms with E-state index in [-0.39, 0.29) is 12.2 Å². The molecular weight excluding hydrogens is 383 g/mol. The van der Waals surface area contributed by atoms with Crippen LogP contribution in [0.4, 0.5) is 4.39 Å². The fourth-order valence-electron chi connectivity index (χ4n) is 3.47. The lowest BCUT2D eigenvalue weighted by molar-refractivity contribution is -0.110. The van der Waals surface area contributed by atoms with Gasteiger partial charge in [-0.3, -0.25) is 4.79 Å². The maximum atomic E-state index is 13.8. The van der Waals surface area contributed by atoms with Crippen LogP contribution in [0.3, 0.4) is 0 Å². The highest BCUT2D eigenvalue weighted by Crippen LogP contribution is 2.45. The van der Waals surface area contributed by atoms with Gasteiger partial charge in [0.15, 0.2) is 11.5 Å². The number of methoxy groups -OCH3 is 3. The molecule has 0 fully saturated rings. The van der Waals surface area contributed by atoms with Crippen molar-refractivity contribution in [3.63, 3.8) is 0 Å². The van der Waals surface area contributed by atoms with Crippen molar-refractivity contribution in [2.24, 2.45) is 0 Å². The molecule has 0 saturated heterocycles. The molecule has 0 bridgehead atoms. The molecule has 0 amide bonds. The van der Waals surface area contributed by atoms with Gasteiger partial charge in [0.25, 0.3) is 0 Å². The monoisotopic (exact) mass is 402 g/mol. The number of hydrogen-bond acceptors (Lipinski definition) is 4. The first-order valence-corrected chi connectivity index (χ1v) is 8.97. The number of benzene rings is 2. The summed E-state index contributed by atoms with van der Waals surface area (Å²) in [6.07, 6.45) is 1.98. The number of ether oxygens (including phenoxy) is 3. The molecule has 2 aromatic rings. The number of allylic oxidation sites excluding steroid dienone is 3. The van der Waals surface area contributed by atoms with Crippen LogP contribution in [0.5, 0.6) is 17.2 Å². The Morgan fingerprint density at radius 3 is 2.21 bits per heavy atom. The zero-order valence-corrected chi connectivity index (χ0v) is 16.8. The number of fused-ring (bicyclic) bond motifs is 1. The number of carbonyl (C=O) groups excluding carboxylic acids is 1. The van der Waals surface area contributed by atoms with Crippen LogP contribution in [-0.2, 0) is 4.79 Å². The van der Waals surface area contributed by atoms with Gasteiger partial charge in [0, 0.05) is 6.42 Å². The number of carbonyl (C=O) groups is 1. The number of rotatable bonds is 6. The Hall–Kier alpha value is -2.79. The molecule has 2 aromatic carbocycles. The van der Waals surface area contributed by atoms with Crippen molar-refractivity contribution in [3.8, 4) is 17.2 Å². The summed E-state index contributed by atoms with van der Waals surface area (Å²) in [7, 11) is 4.65. The third-order valence-corrected chi connectivity index (χ3v) is 4.90. The van der Waals surface area contributed by atoms with Gasteiger partial charge in [-0.15, -0.1) is 0 Å². The fraction of sp³-hybridized carbons (Fsp3) is 0.227. The van der Waals surface area contributed by atoms with Gasteiger partial charge in [-0.2, -0.15) is 0 Å². The minimum atomic E-state index is -0.487. The lowest BCUT2D eigenvalue weighted by Gasteiger charge is -2.13. The molecule has 0 heterocycles. The first-order chi connectivity index (χ1) is 13.4. The van der Waals surface area contributed by atoms with E-state index in [0.29, 0.717) is 22.8 Å². The molecule has 0 aromatic heterocycles. The normalized spacial score (nSPS) is 14.3. The third-order valence-electron chi connectivity index (χ3n) is 4.77. The Morgan fingerprint density at radius 1 is 1.04 bits per heavy atom. The van der Waals surface area contributed by atoms with E-state index in [1.807, 2.05) is 25.1 Å². The average molecular weight is 403 g/mol. The quantitative estimate of drug-likeness (QED) is 0.612. The summed E-state index contributed by atoms with van der Waals surface area (Å²) in [4.78, 5) is 11.5. The van der Waals surface area contributed by atoms with Crippen molar-refractivity contribution in [2.75, 3.05) is 21.3 Å². The zero-order valence-electron chi connectivity index (χ0n) is 16.1. The van der Waals surface area contributed by atoms with E-state index in [2.05, 4.69) is 0 Å². The predicted octanol–water partition coefficient (Wildman–Crippen LogP) is 5.33. The van der Waals surface area contributed by atoms with Crippen LogP contribution in [0.15, 0.2) is 35.9 Å². The summed E-state index contributed by atoms with van der Waals surface area (Å²) < 4.78 is 30.0. The minimum absolute atomic E-state index is 0.0381. The molecule has 146 valence electrons. The standard InChI is InChI=1S/C22H20ClFO4/c1-12-16(7-13-8-19(26-2)22(28-4)20(9-13)27-3)15-6-5-14(24)10-18(15)17(12)11-21(23)25/h5-10H,11H2,1-4H3. The zero-order chi connectivity index (χ0) is 20.4. The lowest BCUT2D eigenvalue weighted by Crippen LogP contribution is -1.95. The molecule has 0 N–H and O–H groups in total. The predicted molar refractivity (Wildman–Crippen MR) is 108 cm³/mol. The Kier molecular flexibility index (Phi) is 5.75. The van der Waals surface area contributed by atoms with Crippen molar-refractivity contribution in [1.82, 2.24) is 0 Å². The Bertz CT molecular complexity index is 983. The SMILES string of the molecule is COc1cc(C=C2C(C)=C(CC(=O)Cl)c3cc(F)ccc32)cc(OC)c1OC. The molecule has 0 atom stereocenters. The molecule has 0 spiro atoms. The number of halogens is 2. The van der Waals surface area contributed by atoms with E-state index in [1.54, 1.807) is 27.4 Å². The lowest BCUT2D eigenvalue weighted by atomic mass is 10.00. The minimum Gasteiger partial charge on any atom is -0.493 e. The molecule has 6 heteroatoms. The van der Waals surface area contributed by atoms with Crippen molar-refractivity contribution in [3.05, 3.63) is 58.4 Å². The molecule has 0 unspecified atom stereocenters. The van der Waals surface area contributed by atoms with Gasteiger partial charge in [0.1, 0.15) is 5.82 Å². The maximum Gasteiger partial charge on any atom is 0.226 e. The number of hydrogen-bond donors (Lipinski definition) is 0. The molecule has 3 rings (SSSR count). The smallest absolute Gasteiger partial charge is 0.226 e. The van der Waals surface area contributed by atoms with Gasteiger partial charge >= 0.3 is 0 Å². The molecule has 1 aliphatic carbocycles. The molecule has 28 heavy (non-hydrogen) atoms. The van der Waals surface area contributed by atoms with E-state index in [4.69, 9.17) is 25.8 Å². The van der Waals surface area contributed by atoms with E-state index in [1.165, 1.54) is 12.1 Å². The summed E-state index contributed by atoms with van der Waals surface area (Å²) in [6, 6.07) is 8.21. The summed E-state index contributed by atoms with van der Waals surface area (Å²) >= 11 is 5.62. The maximum absolute atomic E-state index is 13.8. The van der Waals surface area contributed by atoms with Gasteiger partial charge in [0.05, 0.1) is 21.3 Å². The fourth-order valence-corrected chi connectivity index (χ4v) is 3.61. The first kappa shape index (κ1) is 20.0. The second-order valence-corrected chi connectivity index (χ2v) is 6.76. The van der Waals surface area contributed by atoms with Crippen LogP contribution in [-0.4, -0.2) is 26.6 Å². The van der Waals surface area contributed by atoms with Gasteiger partial charge < -0.3 is 14.2 Å². The van der Waals surface area contributed by atoms with Crippen molar-refractivity contribution >= 4 is 34.1 Å². The molecule has 4 nitrogen and oxygen atoms in total. The van der Waals surface area contributed by atoms with Crippen molar-refractivity contribution in [1.29, 1.82) is 0 Å². The summed E-state index contributed by atoms with van der Waals surface area (Å²) in [6.45, 7) is 1.90. The molecule has 1 aliphatic rings. The molecular formula is C22H20ClFO4. The van der Waals surface area contributed by atoms with Crippen molar-refractivity contribution in [2.45, 2.75) is 13.3 Å². The van der Waals surface area contributed by atoms with Crippen LogP contribution in [0, 0.1) is 5.82 Å². The van der Waals surface area contributed by atoms with Crippen molar-refractivity contribution < 1.29 is 23.4 Å². The Balaban J connectivity index is 2.19. The molecule has 0 radical (unpaired) electrons. The van der Waals surface area contributed by atoms with Crippen LogP contribution in [0.1, 0.15) is 30.0 Å². The summed E-state index contributed by atoms with van der Waals surface area (Å²) in [5, 5.41) is -0.487. The topological polar surface area (TPSA) is 44.8 Å². The van der Waals surface area contributed by atoms with Gasteiger partial charge in [0.2, 0.25) is 11.0 Å². The second-order valence-electron chi connectivity index (χ2n) is 6.34. The molecule has 0 saturated carbocycles. The molecule has 0 aliphatic heterocycles. The summed E-state index contributed by atoms with van der Waals surface area (Å²) in [5.41, 5.74) is 4.84. The second kappa shape index (κ2) is 8.07.